The lowest BCUT2D eigenvalue weighted by Crippen LogP contribution is -2.30. The quantitative estimate of drug-likeness (QED) is 0.0262. The normalized spacial score (nSPS) is 12.3. The largest absolute Gasteiger partial charge is 0.462 e. The van der Waals surface area contributed by atoms with Gasteiger partial charge in [0, 0.05) is 19.3 Å². The maximum atomic E-state index is 12.9. The molecule has 0 rings (SSSR count). The molecule has 0 aromatic heterocycles. The number of hydrogen-bond donors (Lipinski definition) is 0. The second-order valence-corrected chi connectivity index (χ2v) is 19.9. The molecule has 0 radical (unpaired) electrons. The predicted octanol–water partition coefficient (Wildman–Crippen LogP) is 19.8. The van der Waals surface area contributed by atoms with E-state index in [9.17, 15) is 14.4 Å². The van der Waals surface area contributed by atoms with Gasteiger partial charge in [0.15, 0.2) is 6.10 Å². The van der Waals surface area contributed by atoms with E-state index in [2.05, 4.69) is 69.4 Å². The molecule has 0 fully saturated rings. The molecule has 6 nitrogen and oxygen atoms in total. The van der Waals surface area contributed by atoms with Crippen LogP contribution < -0.4 is 0 Å². The number of rotatable bonds is 54. The zero-order valence-corrected chi connectivity index (χ0v) is 45.4. The fourth-order valence-electron chi connectivity index (χ4n) is 8.56. The molecule has 396 valence electrons. The SMILES string of the molecule is CCCCC/C=C\C/C=C\C/C=C\CCCCCCC(=O)O[C@@H](COC(=O)CCCCCCCCC/C=C\CCCCCCCCCC)COC(=O)CCCCCCCCCCCCCCCC. The maximum absolute atomic E-state index is 12.9. The van der Waals surface area contributed by atoms with Gasteiger partial charge >= 0.3 is 17.9 Å². The van der Waals surface area contributed by atoms with Crippen LogP contribution in [0.25, 0.3) is 0 Å². The second kappa shape index (κ2) is 57.0. The molecule has 1 atom stereocenters. The Morgan fingerprint density at radius 3 is 0.868 bits per heavy atom. The van der Waals surface area contributed by atoms with Crippen LogP contribution in [0.2, 0.25) is 0 Å². The third-order valence-corrected chi connectivity index (χ3v) is 13.1. The molecule has 0 spiro atoms. The predicted molar refractivity (Wildman–Crippen MR) is 293 cm³/mol. The Morgan fingerprint density at radius 2 is 0.529 bits per heavy atom. The first-order chi connectivity index (χ1) is 33.5. The Labute approximate surface area is 422 Å². The zero-order valence-electron chi connectivity index (χ0n) is 45.4. The summed E-state index contributed by atoms with van der Waals surface area (Å²) in [6.45, 7) is 6.63. The van der Waals surface area contributed by atoms with E-state index in [0.29, 0.717) is 19.3 Å². The Hall–Kier alpha value is -2.63. The van der Waals surface area contributed by atoms with Crippen LogP contribution in [0.4, 0.5) is 0 Å². The first-order valence-electron chi connectivity index (χ1n) is 29.6. The van der Waals surface area contributed by atoms with Gasteiger partial charge < -0.3 is 14.2 Å². The maximum Gasteiger partial charge on any atom is 0.306 e. The molecule has 0 bridgehead atoms. The van der Waals surface area contributed by atoms with E-state index in [1.165, 1.54) is 186 Å². The van der Waals surface area contributed by atoms with Gasteiger partial charge in [-0.3, -0.25) is 14.4 Å². The fourth-order valence-corrected chi connectivity index (χ4v) is 8.56. The van der Waals surface area contributed by atoms with Gasteiger partial charge in [0.25, 0.3) is 0 Å². The van der Waals surface area contributed by atoms with Crippen molar-refractivity contribution >= 4 is 17.9 Å². The monoisotopic (exact) mass is 953 g/mol. The van der Waals surface area contributed by atoms with Gasteiger partial charge in [-0.1, -0.05) is 256 Å². The van der Waals surface area contributed by atoms with Crippen LogP contribution in [0, 0.1) is 0 Å². The van der Waals surface area contributed by atoms with Crippen molar-refractivity contribution in [1.82, 2.24) is 0 Å². The van der Waals surface area contributed by atoms with Gasteiger partial charge in [0.1, 0.15) is 13.2 Å². The molecule has 68 heavy (non-hydrogen) atoms. The van der Waals surface area contributed by atoms with E-state index < -0.39 is 6.10 Å². The number of allylic oxidation sites excluding steroid dienone is 8. The van der Waals surface area contributed by atoms with Crippen molar-refractivity contribution in [3.63, 3.8) is 0 Å². The number of hydrogen-bond acceptors (Lipinski definition) is 6. The highest BCUT2D eigenvalue weighted by Gasteiger charge is 2.19. The van der Waals surface area contributed by atoms with Crippen LogP contribution in [-0.4, -0.2) is 37.2 Å². The minimum absolute atomic E-state index is 0.0806. The van der Waals surface area contributed by atoms with Crippen molar-refractivity contribution in [2.24, 2.45) is 0 Å². The van der Waals surface area contributed by atoms with Crippen molar-refractivity contribution in [3.05, 3.63) is 48.6 Å². The number of carbonyl (C=O) groups excluding carboxylic acids is 3. The summed E-state index contributed by atoms with van der Waals surface area (Å²) in [6, 6.07) is 0. The summed E-state index contributed by atoms with van der Waals surface area (Å²) in [5.74, 6) is -0.891. The average molecular weight is 954 g/mol. The van der Waals surface area contributed by atoms with E-state index in [-0.39, 0.29) is 31.1 Å². The number of carbonyl (C=O) groups is 3. The Bertz CT molecular complexity index is 1190. The molecule has 6 heteroatoms. The van der Waals surface area contributed by atoms with Crippen molar-refractivity contribution in [2.75, 3.05) is 13.2 Å². The summed E-state index contributed by atoms with van der Waals surface area (Å²) in [7, 11) is 0. The number of esters is 3. The van der Waals surface area contributed by atoms with E-state index in [0.717, 1.165) is 83.5 Å². The molecule has 0 aromatic rings. The van der Waals surface area contributed by atoms with Crippen LogP contribution in [-0.2, 0) is 28.6 Å². The van der Waals surface area contributed by atoms with Crippen LogP contribution in [0.15, 0.2) is 48.6 Å². The molecule has 0 amide bonds. The Kier molecular flexibility index (Phi) is 54.8. The molecule has 0 saturated heterocycles. The van der Waals surface area contributed by atoms with Crippen molar-refractivity contribution in [2.45, 2.75) is 316 Å². The molecular weight excluding hydrogens is 841 g/mol. The van der Waals surface area contributed by atoms with Gasteiger partial charge in [-0.15, -0.1) is 0 Å². The van der Waals surface area contributed by atoms with Crippen molar-refractivity contribution in [1.29, 1.82) is 0 Å². The lowest BCUT2D eigenvalue weighted by atomic mass is 10.0. The van der Waals surface area contributed by atoms with Gasteiger partial charge in [-0.05, 0) is 83.5 Å². The molecule has 0 aliphatic rings. The third-order valence-electron chi connectivity index (χ3n) is 13.1. The third kappa shape index (κ3) is 54.3. The smallest absolute Gasteiger partial charge is 0.306 e. The summed E-state index contributed by atoms with van der Waals surface area (Å²) in [5, 5.41) is 0. The summed E-state index contributed by atoms with van der Waals surface area (Å²) >= 11 is 0. The highest BCUT2D eigenvalue weighted by atomic mass is 16.6. The molecule has 0 aliphatic heterocycles. The summed E-state index contributed by atoms with van der Waals surface area (Å²) in [6.07, 6.45) is 69.6. The average Bonchev–Trinajstić information content (AvgIpc) is 3.34. The summed E-state index contributed by atoms with van der Waals surface area (Å²) in [4.78, 5) is 38.2. The highest BCUT2D eigenvalue weighted by molar-refractivity contribution is 5.71. The standard InChI is InChI=1S/C62H112O6/c1-4-7-10-13-16-19-22-25-28-30-31-33-34-37-40-43-46-49-52-55-61(64)67-58-59(57-66-60(63)54-51-48-45-42-39-36-27-24-21-18-15-12-9-6-3)68-62(65)56-53-50-47-44-41-38-35-32-29-26-23-20-17-14-11-8-5-2/h17,20,26,29-31,35,38,59H,4-16,18-19,21-25,27-28,32-34,36-37,39-58H2,1-3H3/b20-17-,29-26-,31-30-,38-35-/t59-/m1/s1. The lowest BCUT2D eigenvalue weighted by molar-refractivity contribution is -0.167. The van der Waals surface area contributed by atoms with E-state index in [1.807, 2.05) is 0 Å². The van der Waals surface area contributed by atoms with Crippen LogP contribution in [0.1, 0.15) is 310 Å². The van der Waals surface area contributed by atoms with Gasteiger partial charge in [0.2, 0.25) is 0 Å². The molecule has 0 aliphatic carbocycles. The Balaban J connectivity index is 4.38. The van der Waals surface area contributed by atoms with Crippen LogP contribution in [0.3, 0.4) is 0 Å². The van der Waals surface area contributed by atoms with Gasteiger partial charge in [-0.25, -0.2) is 0 Å². The van der Waals surface area contributed by atoms with E-state index in [1.54, 1.807) is 0 Å². The Morgan fingerprint density at radius 1 is 0.294 bits per heavy atom. The molecule has 0 unspecified atom stereocenters. The van der Waals surface area contributed by atoms with Crippen molar-refractivity contribution < 1.29 is 28.6 Å². The molecule has 0 heterocycles. The first-order valence-corrected chi connectivity index (χ1v) is 29.6. The minimum Gasteiger partial charge on any atom is -0.462 e. The fraction of sp³-hybridized carbons (Fsp3) is 0.823. The van der Waals surface area contributed by atoms with Crippen LogP contribution >= 0.6 is 0 Å². The van der Waals surface area contributed by atoms with Crippen molar-refractivity contribution in [3.8, 4) is 0 Å². The molecule has 0 N–H and O–H groups in total. The minimum atomic E-state index is -0.785. The van der Waals surface area contributed by atoms with E-state index >= 15 is 0 Å². The molecule has 0 saturated carbocycles. The second-order valence-electron chi connectivity index (χ2n) is 19.9. The van der Waals surface area contributed by atoms with Gasteiger partial charge in [0.05, 0.1) is 0 Å². The van der Waals surface area contributed by atoms with Gasteiger partial charge in [-0.2, -0.15) is 0 Å². The topological polar surface area (TPSA) is 78.9 Å². The number of ether oxygens (including phenoxy) is 3. The number of unbranched alkanes of at least 4 members (excludes halogenated alkanes) is 35. The summed E-state index contributed by atoms with van der Waals surface area (Å²) in [5.41, 5.74) is 0. The zero-order chi connectivity index (χ0) is 49.3. The molecular formula is C62H112O6. The highest BCUT2D eigenvalue weighted by Crippen LogP contribution is 2.16. The lowest BCUT2D eigenvalue weighted by Gasteiger charge is -2.18. The molecule has 0 aromatic carbocycles. The van der Waals surface area contributed by atoms with Crippen LogP contribution in [0.5, 0.6) is 0 Å². The summed E-state index contributed by atoms with van der Waals surface area (Å²) < 4.78 is 16.9. The van der Waals surface area contributed by atoms with E-state index in [4.69, 9.17) is 14.2 Å². The first kappa shape index (κ1) is 65.4.